The molecule has 0 amide bonds. The Balaban J connectivity index is 2.13. The minimum absolute atomic E-state index is 0.132. The van der Waals surface area contributed by atoms with Gasteiger partial charge in [0.2, 0.25) is 5.91 Å². The topological polar surface area (TPSA) is 59.3 Å². The summed E-state index contributed by atoms with van der Waals surface area (Å²) in [7, 11) is 0. The molecule has 0 aliphatic rings. The Morgan fingerprint density at radius 3 is 2.32 bits per heavy atom. The van der Waals surface area contributed by atoms with E-state index in [1.807, 2.05) is 30.3 Å². The second-order valence-corrected chi connectivity index (χ2v) is 5.17. The molecule has 0 aliphatic heterocycles. The van der Waals surface area contributed by atoms with Crippen molar-refractivity contribution < 1.29 is 14.7 Å². The van der Waals surface area contributed by atoms with Gasteiger partial charge in [0.25, 0.3) is 0 Å². The molecule has 3 aromatic rings. The lowest BCUT2D eigenvalue weighted by Crippen LogP contribution is -2.15. The largest absolute Gasteiger partial charge is 0.478 e. The number of para-hydroxylation sites is 1. The van der Waals surface area contributed by atoms with E-state index in [2.05, 4.69) is 0 Å². The molecule has 1 heterocycles. The van der Waals surface area contributed by atoms with Gasteiger partial charge in [0.1, 0.15) is 0 Å². The van der Waals surface area contributed by atoms with Gasteiger partial charge < -0.3 is 5.11 Å². The Morgan fingerprint density at radius 2 is 1.64 bits per heavy atom. The first-order chi connectivity index (χ1) is 10.6. The standard InChI is InChI=1S/C18H15NO3/c1-12-17(18(21)22)14-9-5-6-10-15(14)19(12)16(20)11-13-7-3-2-4-8-13/h2-10H,11H2,1H3,(H,21,22). The Labute approximate surface area is 127 Å². The van der Waals surface area contributed by atoms with Gasteiger partial charge in [-0.3, -0.25) is 9.36 Å². The summed E-state index contributed by atoms with van der Waals surface area (Å²) < 4.78 is 1.51. The molecule has 0 saturated heterocycles. The van der Waals surface area contributed by atoms with Crippen LogP contribution in [0.2, 0.25) is 0 Å². The number of rotatable bonds is 3. The summed E-state index contributed by atoms with van der Waals surface area (Å²) in [5.41, 5.74) is 2.20. The van der Waals surface area contributed by atoms with Crippen LogP contribution in [0.3, 0.4) is 0 Å². The van der Waals surface area contributed by atoms with Crippen molar-refractivity contribution in [1.82, 2.24) is 4.57 Å². The SMILES string of the molecule is Cc1c(C(=O)O)c2ccccc2n1C(=O)Cc1ccccc1. The van der Waals surface area contributed by atoms with Crippen molar-refractivity contribution in [3.8, 4) is 0 Å². The van der Waals surface area contributed by atoms with Gasteiger partial charge in [-0.25, -0.2) is 4.79 Å². The van der Waals surface area contributed by atoms with E-state index >= 15 is 0 Å². The van der Waals surface area contributed by atoms with Crippen molar-refractivity contribution in [3.63, 3.8) is 0 Å². The summed E-state index contributed by atoms with van der Waals surface area (Å²) in [6.07, 6.45) is 0.236. The maximum absolute atomic E-state index is 12.7. The smallest absolute Gasteiger partial charge is 0.338 e. The first kappa shape index (κ1) is 14.1. The highest BCUT2D eigenvalue weighted by molar-refractivity contribution is 6.08. The molecular formula is C18H15NO3. The Kier molecular flexibility index (Phi) is 3.51. The van der Waals surface area contributed by atoms with Gasteiger partial charge >= 0.3 is 5.97 Å². The zero-order chi connectivity index (χ0) is 15.7. The number of carboxylic acid groups (broad SMARTS) is 1. The molecule has 2 aromatic carbocycles. The fourth-order valence-corrected chi connectivity index (χ4v) is 2.81. The van der Waals surface area contributed by atoms with Crippen LogP contribution in [0.4, 0.5) is 0 Å². The molecule has 0 fully saturated rings. The van der Waals surface area contributed by atoms with Crippen LogP contribution in [-0.2, 0) is 6.42 Å². The molecule has 0 atom stereocenters. The number of benzene rings is 2. The minimum Gasteiger partial charge on any atom is -0.478 e. The molecule has 1 aromatic heterocycles. The first-order valence-corrected chi connectivity index (χ1v) is 7.00. The quantitative estimate of drug-likeness (QED) is 0.803. The molecule has 1 N–H and O–H groups in total. The number of hydrogen-bond acceptors (Lipinski definition) is 2. The summed E-state index contributed by atoms with van der Waals surface area (Å²) in [4.78, 5) is 24.2. The summed E-state index contributed by atoms with van der Waals surface area (Å²) in [6.45, 7) is 1.67. The highest BCUT2D eigenvalue weighted by Gasteiger charge is 2.22. The highest BCUT2D eigenvalue weighted by atomic mass is 16.4. The van der Waals surface area contributed by atoms with Gasteiger partial charge in [-0.1, -0.05) is 48.5 Å². The van der Waals surface area contributed by atoms with Gasteiger partial charge in [-0.2, -0.15) is 0 Å². The van der Waals surface area contributed by atoms with E-state index < -0.39 is 5.97 Å². The molecule has 4 heteroatoms. The maximum Gasteiger partial charge on any atom is 0.338 e. The first-order valence-electron chi connectivity index (χ1n) is 7.00. The van der Waals surface area contributed by atoms with Crippen LogP contribution in [0.1, 0.15) is 26.4 Å². The number of hydrogen-bond donors (Lipinski definition) is 1. The number of carboxylic acids is 1. The van der Waals surface area contributed by atoms with E-state index in [-0.39, 0.29) is 17.9 Å². The van der Waals surface area contributed by atoms with Crippen LogP contribution < -0.4 is 0 Å². The summed E-state index contributed by atoms with van der Waals surface area (Å²) in [6, 6.07) is 16.5. The summed E-state index contributed by atoms with van der Waals surface area (Å²) in [5, 5.41) is 10.0. The van der Waals surface area contributed by atoms with E-state index in [4.69, 9.17) is 0 Å². The molecule has 110 valence electrons. The van der Waals surface area contributed by atoms with E-state index in [0.717, 1.165) is 5.56 Å². The molecule has 0 spiro atoms. The fraction of sp³-hybridized carbons (Fsp3) is 0.111. The lowest BCUT2D eigenvalue weighted by molar-refractivity contribution is 0.0698. The van der Waals surface area contributed by atoms with Crippen molar-refractivity contribution >= 4 is 22.8 Å². The van der Waals surface area contributed by atoms with E-state index in [1.54, 1.807) is 31.2 Å². The average molecular weight is 293 g/mol. The van der Waals surface area contributed by atoms with Crippen molar-refractivity contribution in [1.29, 1.82) is 0 Å². The molecule has 0 aliphatic carbocycles. The van der Waals surface area contributed by atoms with E-state index in [9.17, 15) is 14.7 Å². The molecule has 0 radical (unpaired) electrons. The molecule has 22 heavy (non-hydrogen) atoms. The van der Waals surface area contributed by atoms with Crippen LogP contribution in [0.5, 0.6) is 0 Å². The zero-order valence-electron chi connectivity index (χ0n) is 12.1. The Bertz CT molecular complexity index is 863. The van der Waals surface area contributed by atoms with Crippen LogP contribution in [-0.4, -0.2) is 21.6 Å². The lowest BCUT2D eigenvalue weighted by Gasteiger charge is -2.07. The molecular weight excluding hydrogens is 278 g/mol. The Morgan fingerprint density at radius 1 is 1.00 bits per heavy atom. The molecule has 0 bridgehead atoms. The normalized spacial score (nSPS) is 10.8. The predicted octanol–water partition coefficient (Wildman–Crippen LogP) is 3.53. The van der Waals surface area contributed by atoms with Crippen LogP contribution in [0.15, 0.2) is 54.6 Å². The predicted molar refractivity (Wildman–Crippen MR) is 84.4 cm³/mol. The number of aromatic carboxylic acids is 1. The van der Waals surface area contributed by atoms with Crippen molar-refractivity contribution in [2.24, 2.45) is 0 Å². The molecule has 4 nitrogen and oxygen atoms in total. The van der Waals surface area contributed by atoms with Gasteiger partial charge in [-0.05, 0) is 18.6 Å². The summed E-state index contributed by atoms with van der Waals surface area (Å²) in [5.74, 6) is -1.15. The van der Waals surface area contributed by atoms with Gasteiger partial charge in [0.05, 0.1) is 17.5 Å². The van der Waals surface area contributed by atoms with Crippen LogP contribution in [0, 0.1) is 6.92 Å². The Hall–Kier alpha value is -2.88. The van der Waals surface area contributed by atoms with Crippen molar-refractivity contribution in [2.75, 3.05) is 0 Å². The van der Waals surface area contributed by atoms with Crippen LogP contribution >= 0.6 is 0 Å². The lowest BCUT2D eigenvalue weighted by atomic mass is 10.1. The molecule has 3 rings (SSSR count). The fourth-order valence-electron chi connectivity index (χ4n) is 2.81. The third-order valence-corrected chi connectivity index (χ3v) is 3.77. The maximum atomic E-state index is 12.7. The molecule has 0 unspecified atom stereocenters. The second kappa shape index (κ2) is 5.48. The summed E-state index contributed by atoms with van der Waals surface area (Å²) >= 11 is 0. The monoisotopic (exact) mass is 293 g/mol. The zero-order valence-corrected chi connectivity index (χ0v) is 12.1. The number of nitrogens with zero attached hydrogens (tertiary/aromatic N) is 1. The molecule has 0 saturated carbocycles. The number of fused-ring (bicyclic) bond motifs is 1. The third kappa shape index (κ3) is 2.29. The van der Waals surface area contributed by atoms with Crippen LogP contribution in [0.25, 0.3) is 10.9 Å². The average Bonchev–Trinajstić information content (AvgIpc) is 2.80. The minimum atomic E-state index is -1.01. The number of aromatic nitrogens is 1. The van der Waals surface area contributed by atoms with Gasteiger partial charge in [0, 0.05) is 11.1 Å². The van der Waals surface area contributed by atoms with Crippen molar-refractivity contribution in [3.05, 3.63) is 71.4 Å². The highest BCUT2D eigenvalue weighted by Crippen LogP contribution is 2.26. The van der Waals surface area contributed by atoms with Gasteiger partial charge in [0.15, 0.2) is 0 Å². The van der Waals surface area contributed by atoms with Crippen molar-refractivity contribution in [2.45, 2.75) is 13.3 Å². The third-order valence-electron chi connectivity index (χ3n) is 3.77. The van der Waals surface area contributed by atoms with Gasteiger partial charge in [-0.15, -0.1) is 0 Å². The number of carbonyl (C=O) groups excluding carboxylic acids is 1. The van der Waals surface area contributed by atoms with E-state index in [1.165, 1.54) is 4.57 Å². The van der Waals surface area contributed by atoms with E-state index in [0.29, 0.717) is 16.6 Å². The number of carbonyl (C=O) groups is 2. The second-order valence-electron chi connectivity index (χ2n) is 5.17.